The minimum absolute atomic E-state index is 1.18. The van der Waals surface area contributed by atoms with Gasteiger partial charge in [-0.1, -0.05) is 29.8 Å². The summed E-state index contributed by atoms with van der Waals surface area (Å²) in [5, 5.41) is 0. The number of benzene rings is 1. The molecule has 0 radical (unpaired) electrons. The van der Waals surface area contributed by atoms with E-state index in [0.717, 1.165) is 0 Å². The molecule has 1 heterocycles. The lowest BCUT2D eigenvalue weighted by Gasteiger charge is -2.07. The molecule has 0 saturated heterocycles. The lowest BCUT2D eigenvalue weighted by molar-refractivity contribution is 1.30. The van der Waals surface area contributed by atoms with E-state index in [2.05, 4.69) is 50.0 Å². The normalized spacial score (nSPS) is 11.0. The molecule has 0 bridgehead atoms. The third-order valence-corrected chi connectivity index (χ3v) is 2.89. The topological polar surface area (TPSA) is 12.9 Å². The van der Waals surface area contributed by atoms with Crippen molar-refractivity contribution in [2.45, 2.75) is 20.8 Å². The summed E-state index contributed by atoms with van der Waals surface area (Å²) in [4.78, 5) is 4.01. The zero-order valence-corrected chi connectivity index (χ0v) is 10.6. The number of hydrogen-bond donors (Lipinski definition) is 0. The van der Waals surface area contributed by atoms with Gasteiger partial charge in [-0.3, -0.25) is 4.98 Å². The average molecular weight is 223 g/mol. The Morgan fingerprint density at radius 3 is 2.06 bits per heavy atom. The molecule has 86 valence electrons. The number of pyridine rings is 1. The van der Waals surface area contributed by atoms with Gasteiger partial charge in [0.25, 0.3) is 0 Å². The van der Waals surface area contributed by atoms with Crippen LogP contribution in [0.25, 0.3) is 12.2 Å². The van der Waals surface area contributed by atoms with E-state index in [1.807, 2.05) is 24.5 Å². The van der Waals surface area contributed by atoms with Crippen LogP contribution in [0.5, 0.6) is 0 Å². The maximum Gasteiger partial charge on any atom is 0.0273 e. The van der Waals surface area contributed by atoms with Crippen molar-refractivity contribution in [1.29, 1.82) is 0 Å². The fraction of sp³-hybridized carbons (Fsp3) is 0.188. The van der Waals surface area contributed by atoms with Crippen LogP contribution in [-0.2, 0) is 0 Å². The molecule has 2 aromatic rings. The van der Waals surface area contributed by atoms with Gasteiger partial charge in [-0.2, -0.15) is 0 Å². The number of nitrogens with zero attached hydrogens (tertiary/aromatic N) is 1. The van der Waals surface area contributed by atoms with Crippen molar-refractivity contribution in [2.75, 3.05) is 0 Å². The Kier molecular flexibility index (Phi) is 3.38. The molecular weight excluding hydrogens is 206 g/mol. The van der Waals surface area contributed by atoms with Crippen molar-refractivity contribution < 1.29 is 0 Å². The molecule has 1 aromatic carbocycles. The van der Waals surface area contributed by atoms with Crippen molar-refractivity contribution in [3.8, 4) is 0 Å². The molecule has 1 nitrogen and oxygen atoms in total. The smallest absolute Gasteiger partial charge is 0.0273 e. The van der Waals surface area contributed by atoms with Crippen molar-refractivity contribution in [2.24, 2.45) is 0 Å². The molecular formula is C16H17N. The zero-order valence-electron chi connectivity index (χ0n) is 10.6. The summed E-state index contributed by atoms with van der Waals surface area (Å²) in [6.45, 7) is 6.45. The van der Waals surface area contributed by atoms with Crippen LogP contribution in [-0.4, -0.2) is 4.98 Å². The Balaban J connectivity index is 2.34. The third kappa shape index (κ3) is 2.82. The first-order valence-corrected chi connectivity index (χ1v) is 5.83. The molecule has 2 rings (SSSR count). The number of aryl methyl sites for hydroxylation is 3. The van der Waals surface area contributed by atoms with Crippen LogP contribution in [0.3, 0.4) is 0 Å². The number of aromatic nitrogens is 1. The van der Waals surface area contributed by atoms with Gasteiger partial charge in [0.05, 0.1) is 0 Å². The fourth-order valence-corrected chi connectivity index (χ4v) is 2.11. The minimum atomic E-state index is 1.18. The molecule has 0 amide bonds. The van der Waals surface area contributed by atoms with Gasteiger partial charge in [0, 0.05) is 12.4 Å². The first-order valence-electron chi connectivity index (χ1n) is 5.83. The second-order valence-electron chi connectivity index (χ2n) is 4.43. The van der Waals surface area contributed by atoms with Gasteiger partial charge in [0.1, 0.15) is 0 Å². The zero-order chi connectivity index (χ0) is 12.3. The quantitative estimate of drug-likeness (QED) is 0.744. The van der Waals surface area contributed by atoms with Gasteiger partial charge in [-0.25, -0.2) is 0 Å². The first kappa shape index (κ1) is 11.6. The van der Waals surface area contributed by atoms with Crippen LogP contribution < -0.4 is 0 Å². The Morgan fingerprint density at radius 2 is 1.47 bits per heavy atom. The van der Waals surface area contributed by atoms with E-state index in [4.69, 9.17) is 0 Å². The SMILES string of the molecule is Cc1cc(C)c(/C=C\c2ccncc2)c(C)c1. The molecule has 0 spiro atoms. The predicted molar refractivity (Wildman–Crippen MR) is 73.8 cm³/mol. The lowest BCUT2D eigenvalue weighted by Crippen LogP contribution is -1.88. The van der Waals surface area contributed by atoms with Crippen LogP contribution in [0.1, 0.15) is 27.8 Å². The van der Waals surface area contributed by atoms with E-state index in [0.29, 0.717) is 0 Å². The summed E-state index contributed by atoms with van der Waals surface area (Å²) in [5.41, 5.74) is 6.47. The highest BCUT2D eigenvalue weighted by Crippen LogP contribution is 2.19. The van der Waals surface area contributed by atoms with Gasteiger partial charge >= 0.3 is 0 Å². The van der Waals surface area contributed by atoms with E-state index in [1.54, 1.807) is 0 Å². The van der Waals surface area contributed by atoms with E-state index >= 15 is 0 Å². The van der Waals surface area contributed by atoms with E-state index < -0.39 is 0 Å². The van der Waals surface area contributed by atoms with E-state index in [1.165, 1.54) is 27.8 Å². The Bertz CT molecular complexity index is 516. The Hall–Kier alpha value is -1.89. The second kappa shape index (κ2) is 4.96. The maximum atomic E-state index is 4.01. The molecule has 1 heteroatoms. The third-order valence-electron chi connectivity index (χ3n) is 2.89. The van der Waals surface area contributed by atoms with E-state index in [9.17, 15) is 0 Å². The summed E-state index contributed by atoms with van der Waals surface area (Å²) >= 11 is 0. The molecule has 0 aliphatic carbocycles. The molecule has 0 N–H and O–H groups in total. The highest BCUT2D eigenvalue weighted by molar-refractivity contribution is 5.72. The van der Waals surface area contributed by atoms with Gasteiger partial charge in [0.2, 0.25) is 0 Å². The number of hydrogen-bond acceptors (Lipinski definition) is 1. The molecule has 1 aromatic heterocycles. The van der Waals surface area contributed by atoms with Crippen LogP contribution in [0.2, 0.25) is 0 Å². The average Bonchev–Trinajstić information content (AvgIpc) is 2.29. The molecule has 0 aliphatic rings. The van der Waals surface area contributed by atoms with Gasteiger partial charge in [-0.05, 0) is 55.2 Å². The van der Waals surface area contributed by atoms with Gasteiger partial charge in [0.15, 0.2) is 0 Å². The van der Waals surface area contributed by atoms with Crippen LogP contribution in [0.4, 0.5) is 0 Å². The Morgan fingerprint density at radius 1 is 0.882 bits per heavy atom. The highest BCUT2D eigenvalue weighted by Gasteiger charge is 1.99. The van der Waals surface area contributed by atoms with Crippen LogP contribution in [0, 0.1) is 20.8 Å². The van der Waals surface area contributed by atoms with Crippen molar-refractivity contribution in [3.63, 3.8) is 0 Å². The molecule has 0 aliphatic heterocycles. The molecule has 0 atom stereocenters. The maximum absolute atomic E-state index is 4.01. The largest absolute Gasteiger partial charge is 0.265 e. The fourth-order valence-electron chi connectivity index (χ4n) is 2.11. The highest BCUT2D eigenvalue weighted by atomic mass is 14.6. The summed E-state index contributed by atoms with van der Waals surface area (Å²) in [6.07, 6.45) is 7.94. The second-order valence-corrected chi connectivity index (χ2v) is 4.43. The monoisotopic (exact) mass is 223 g/mol. The van der Waals surface area contributed by atoms with Crippen molar-refractivity contribution in [1.82, 2.24) is 4.98 Å². The summed E-state index contributed by atoms with van der Waals surface area (Å²) in [6, 6.07) is 8.46. The molecule has 17 heavy (non-hydrogen) atoms. The lowest BCUT2D eigenvalue weighted by atomic mass is 9.99. The first-order chi connectivity index (χ1) is 8.16. The summed E-state index contributed by atoms with van der Waals surface area (Å²) in [5.74, 6) is 0. The summed E-state index contributed by atoms with van der Waals surface area (Å²) in [7, 11) is 0. The minimum Gasteiger partial charge on any atom is -0.265 e. The summed E-state index contributed by atoms with van der Waals surface area (Å²) < 4.78 is 0. The Labute approximate surface area is 103 Å². The molecule has 0 unspecified atom stereocenters. The van der Waals surface area contributed by atoms with Crippen molar-refractivity contribution >= 4 is 12.2 Å². The standard InChI is InChI=1S/C16H17N/c1-12-10-13(2)16(14(3)11-12)5-4-15-6-8-17-9-7-15/h4-11H,1-3H3/b5-4-. The molecule has 0 fully saturated rings. The predicted octanol–water partition coefficient (Wildman–Crippen LogP) is 4.18. The van der Waals surface area contributed by atoms with Crippen LogP contribution >= 0.6 is 0 Å². The van der Waals surface area contributed by atoms with E-state index in [-0.39, 0.29) is 0 Å². The van der Waals surface area contributed by atoms with Gasteiger partial charge in [-0.15, -0.1) is 0 Å². The van der Waals surface area contributed by atoms with Crippen molar-refractivity contribution in [3.05, 3.63) is 64.5 Å². The van der Waals surface area contributed by atoms with Crippen LogP contribution in [0.15, 0.2) is 36.7 Å². The van der Waals surface area contributed by atoms with Gasteiger partial charge < -0.3 is 0 Å². The number of rotatable bonds is 2. The molecule has 0 saturated carbocycles.